The van der Waals surface area contributed by atoms with E-state index in [1.165, 1.54) is 48.5 Å². The molecule has 8 heteroatoms. The van der Waals surface area contributed by atoms with Crippen molar-refractivity contribution in [3.8, 4) is 11.4 Å². The number of hydrogen-bond donors (Lipinski definition) is 2. The van der Waals surface area contributed by atoms with Crippen molar-refractivity contribution in [1.29, 1.82) is 0 Å². The third-order valence-corrected chi connectivity index (χ3v) is 5.17. The lowest BCUT2D eigenvalue weighted by molar-refractivity contribution is -0.118. The van der Waals surface area contributed by atoms with Crippen LogP contribution in [0, 0.1) is 5.92 Å². The van der Waals surface area contributed by atoms with E-state index >= 15 is 0 Å². The Bertz CT molecular complexity index is 668. The first-order valence-corrected chi connectivity index (χ1v) is 9.23. The maximum atomic E-state index is 12.0. The molecule has 1 saturated carbocycles. The van der Waals surface area contributed by atoms with Gasteiger partial charge in [-0.25, -0.2) is 4.68 Å². The summed E-state index contributed by atoms with van der Waals surface area (Å²) in [4.78, 5) is 16.1. The minimum absolute atomic E-state index is 0.0106. The highest BCUT2D eigenvalue weighted by molar-refractivity contribution is 7.99. The molecule has 1 amide bonds. The molecule has 7 nitrogen and oxygen atoms in total. The molecule has 24 heavy (non-hydrogen) atoms. The molecule has 0 aromatic carbocycles. The van der Waals surface area contributed by atoms with Crippen LogP contribution in [0.1, 0.15) is 32.1 Å². The molecule has 1 aliphatic carbocycles. The van der Waals surface area contributed by atoms with Crippen molar-refractivity contribution in [2.75, 3.05) is 18.1 Å². The molecule has 2 aromatic heterocycles. The average molecular weight is 346 g/mol. The molecule has 3 rings (SSSR count). The molecule has 2 aromatic rings. The van der Waals surface area contributed by atoms with Crippen molar-refractivity contribution in [1.82, 2.24) is 25.2 Å². The van der Waals surface area contributed by atoms with E-state index in [-0.39, 0.29) is 11.7 Å². The summed E-state index contributed by atoms with van der Waals surface area (Å²) in [6.45, 7) is 0.773. The number of amides is 1. The van der Waals surface area contributed by atoms with Gasteiger partial charge in [0, 0.05) is 24.5 Å². The monoisotopic (exact) mass is 346 g/mol. The lowest BCUT2D eigenvalue weighted by Gasteiger charge is -2.21. The van der Waals surface area contributed by atoms with Crippen LogP contribution in [0.4, 0.5) is 0 Å². The summed E-state index contributed by atoms with van der Waals surface area (Å²) in [6.07, 6.45) is 9.70. The van der Waals surface area contributed by atoms with E-state index in [0.717, 1.165) is 12.1 Å². The van der Waals surface area contributed by atoms with Gasteiger partial charge in [0.05, 0.1) is 5.75 Å². The summed E-state index contributed by atoms with van der Waals surface area (Å²) in [5.41, 5.74) is 0.793. The molecule has 3 N–H and O–H groups in total. The second-order valence-corrected chi connectivity index (χ2v) is 6.96. The predicted octanol–water partition coefficient (Wildman–Crippen LogP) is 1.84. The van der Waals surface area contributed by atoms with Crippen LogP contribution in [0.15, 0.2) is 29.7 Å². The third kappa shape index (κ3) is 4.25. The fraction of sp³-hybridized carbons (Fsp3) is 0.500. The van der Waals surface area contributed by atoms with Crippen LogP contribution in [0.3, 0.4) is 0 Å². The minimum Gasteiger partial charge on any atom is -0.355 e. The Morgan fingerprint density at radius 2 is 2.17 bits per heavy atom. The van der Waals surface area contributed by atoms with Crippen molar-refractivity contribution in [3.05, 3.63) is 24.5 Å². The molecule has 0 unspecified atom stereocenters. The Morgan fingerprint density at radius 1 is 1.33 bits per heavy atom. The summed E-state index contributed by atoms with van der Waals surface area (Å²) in [6, 6.07) is 3.68. The molecule has 0 saturated heterocycles. The molecule has 128 valence electrons. The zero-order valence-corrected chi connectivity index (χ0v) is 14.3. The lowest BCUT2D eigenvalue weighted by atomic mass is 9.89. The Balaban J connectivity index is 1.49. The molecule has 0 aliphatic heterocycles. The lowest BCUT2D eigenvalue weighted by Crippen LogP contribution is -2.31. The van der Waals surface area contributed by atoms with Crippen molar-refractivity contribution in [2.45, 2.75) is 37.3 Å². The molecule has 2 heterocycles. The maximum absolute atomic E-state index is 12.0. The van der Waals surface area contributed by atoms with E-state index in [2.05, 4.69) is 20.5 Å². The standard InChI is InChI=1S/C16H22N6OS/c17-22-15(13-7-4-8-18-10-13)20-21-16(22)24-11-14(23)19-9-12-5-2-1-3-6-12/h4,7-8,10,12H,1-3,5-6,9,11,17H2,(H,19,23). The van der Waals surface area contributed by atoms with Gasteiger partial charge in [-0.05, 0) is 30.9 Å². The summed E-state index contributed by atoms with van der Waals surface area (Å²) in [7, 11) is 0. The topological polar surface area (TPSA) is 98.7 Å². The van der Waals surface area contributed by atoms with Crippen LogP contribution in [-0.2, 0) is 4.79 Å². The molecule has 0 radical (unpaired) electrons. The first-order chi connectivity index (χ1) is 11.7. The van der Waals surface area contributed by atoms with Crippen LogP contribution in [0.5, 0.6) is 0 Å². The van der Waals surface area contributed by atoms with Crippen LogP contribution < -0.4 is 11.2 Å². The van der Waals surface area contributed by atoms with Gasteiger partial charge in [0.15, 0.2) is 5.82 Å². The quantitative estimate of drug-likeness (QED) is 0.612. The average Bonchev–Trinajstić information content (AvgIpc) is 3.00. The number of nitrogens with two attached hydrogens (primary N) is 1. The Kier molecular flexibility index (Phi) is 5.68. The predicted molar refractivity (Wildman–Crippen MR) is 93.7 cm³/mol. The number of rotatable bonds is 6. The highest BCUT2D eigenvalue weighted by atomic mass is 32.2. The largest absolute Gasteiger partial charge is 0.355 e. The zero-order chi connectivity index (χ0) is 16.8. The minimum atomic E-state index is 0.0106. The van der Waals surface area contributed by atoms with Gasteiger partial charge < -0.3 is 11.2 Å². The fourth-order valence-corrected chi connectivity index (χ4v) is 3.58. The molecular weight excluding hydrogens is 324 g/mol. The van der Waals surface area contributed by atoms with Crippen LogP contribution >= 0.6 is 11.8 Å². The number of nitrogens with zero attached hydrogens (tertiary/aromatic N) is 4. The Hall–Kier alpha value is -2.09. The van der Waals surface area contributed by atoms with Crippen LogP contribution in [0.2, 0.25) is 0 Å². The van der Waals surface area contributed by atoms with Crippen molar-refractivity contribution < 1.29 is 4.79 Å². The number of carbonyl (C=O) groups is 1. The number of nitrogen functional groups attached to an aromatic ring is 1. The summed E-state index contributed by atoms with van der Waals surface area (Å²) in [5.74, 6) is 7.48. The molecule has 0 atom stereocenters. The van der Waals surface area contributed by atoms with Crippen molar-refractivity contribution >= 4 is 17.7 Å². The smallest absolute Gasteiger partial charge is 0.230 e. The zero-order valence-electron chi connectivity index (χ0n) is 13.5. The van der Waals surface area contributed by atoms with Crippen molar-refractivity contribution in [3.63, 3.8) is 0 Å². The number of nitrogens with one attached hydrogen (secondary N) is 1. The maximum Gasteiger partial charge on any atom is 0.230 e. The van der Waals surface area contributed by atoms with Gasteiger partial charge >= 0.3 is 0 Å². The second kappa shape index (κ2) is 8.14. The molecular formula is C16H22N6OS. The normalized spacial score (nSPS) is 15.3. The first kappa shape index (κ1) is 16.8. The van der Waals surface area contributed by atoms with Crippen molar-refractivity contribution in [2.24, 2.45) is 5.92 Å². The van der Waals surface area contributed by atoms with E-state index in [9.17, 15) is 4.79 Å². The summed E-state index contributed by atoms with van der Waals surface area (Å²) >= 11 is 1.29. The number of carbonyl (C=O) groups excluding carboxylic acids is 1. The van der Waals surface area contributed by atoms with Gasteiger partial charge in [-0.2, -0.15) is 0 Å². The highest BCUT2D eigenvalue weighted by Crippen LogP contribution is 2.23. The third-order valence-electron chi connectivity index (χ3n) is 4.23. The Morgan fingerprint density at radius 3 is 2.92 bits per heavy atom. The molecule has 0 bridgehead atoms. The van der Waals surface area contributed by atoms with E-state index < -0.39 is 0 Å². The summed E-state index contributed by atoms with van der Waals surface area (Å²) in [5, 5.41) is 11.7. The van der Waals surface area contributed by atoms with Crippen LogP contribution in [-0.4, -0.2) is 38.1 Å². The van der Waals surface area contributed by atoms with Gasteiger partial charge in [-0.3, -0.25) is 9.78 Å². The summed E-state index contributed by atoms with van der Waals surface area (Å²) < 4.78 is 1.40. The van der Waals surface area contributed by atoms with E-state index in [4.69, 9.17) is 5.84 Å². The van der Waals surface area contributed by atoms with Gasteiger partial charge in [-0.1, -0.05) is 31.0 Å². The first-order valence-electron chi connectivity index (χ1n) is 8.24. The fourth-order valence-electron chi connectivity index (χ4n) is 2.90. The number of thioether (sulfide) groups is 1. The molecule has 1 aliphatic rings. The second-order valence-electron chi connectivity index (χ2n) is 6.01. The Labute approximate surface area is 145 Å². The van der Waals surface area contributed by atoms with Gasteiger partial charge in [0.2, 0.25) is 11.1 Å². The number of hydrogen-bond acceptors (Lipinski definition) is 6. The molecule has 1 fully saturated rings. The SMILES string of the molecule is Nn1c(SCC(=O)NCC2CCCCC2)nnc1-c1cccnc1. The van der Waals surface area contributed by atoms with E-state index in [0.29, 0.717) is 16.9 Å². The van der Waals surface area contributed by atoms with Gasteiger partial charge in [0.25, 0.3) is 0 Å². The van der Waals surface area contributed by atoms with E-state index in [1.54, 1.807) is 12.4 Å². The number of aromatic nitrogens is 4. The van der Waals surface area contributed by atoms with E-state index in [1.807, 2.05) is 12.1 Å². The van der Waals surface area contributed by atoms with Gasteiger partial charge in [-0.15, -0.1) is 10.2 Å². The van der Waals surface area contributed by atoms with Crippen LogP contribution in [0.25, 0.3) is 11.4 Å². The number of pyridine rings is 1. The molecule has 0 spiro atoms. The highest BCUT2D eigenvalue weighted by Gasteiger charge is 2.16. The van der Waals surface area contributed by atoms with Gasteiger partial charge in [0.1, 0.15) is 0 Å².